The minimum atomic E-state index is -4.32. The molecular weight excluding hydrogens is 288 g/mol. The third-order valence-corrected chi connectivity index (χ3v) is 3.48. The maximum absolute atomic E-state index is 10.3. The molecule has 0 N–H and O–H groups in total. The second-order valence-electron chi connectivity index (χ2n) is 2.59. The number of nitrogens with zero attached hydrogens (tertiary/aromatic N) is 1. The molecule has 0 saturated carbocycles. The van der Waals surface area contributed by atoms with Crippen LogP contribution in [-0.2, 0) is 25.1 Å². The Morgan fingerprint density at radius 1 is 1.18 bits per heavy atom. The molecule has 0 amide bonds. The first-order valence-electron chi connectivity index (χ1n) is 3.72. The van der Waals surface area contributed by atoms with Crippen molar-refractivity contribution in [2.45, 2.75) is 5.75 Å². The van der Waals surface area contributed by atoms with Crippen molar-refractivity contribution in [2.24, 2.45) is 0 Å². The zero-order chi connectivity index (χ0) is 11.5. The smallest absolute Gasteiger partial charge is 0.746 e. The molecule has 17 heavy (non-hydrogen) atoms. The Bertz CT molecular complexity index is 476. The largest absolute Gasteiger partial charge is 1.00 e. The van der Waals surface area contributed by atoms with Gasteiger partial charge in [0.2, 0.25) is 16.1 Å². The van der Waals surface area contributed by atoms with Gasteiger partial charge in [0.15, 0.2) is 0 Å². The second kappa shape index (κ2) is 8.92. The molecule has 0 aliphatic carbocycles. The third kappa shape index (κ3) is 8.60. The van der Waals surface area contributed by atoms with E-state index in [1.165, 1.54) is 24.3 Å². The van der Waals surface area contributed by atoms with Crippen molar-refractivity contribution >= 4 is 25.1 Å². The van der Waals surface area contributed by atoms with E-state index in [0.717, 1.165) is 0 Å². The molecule has 0 fully saturated rings. The zero-order valence-electron chi connectivity index (χ0n) is 9.32. The molecule has 1 aromatic rings. The van der Waals surface area contributed by atoms with Crippen molar-refractivity contribution in [2.75, 3.05) is 0 Å². The quantitative estimate of drug-likeness (QED) is 0.239. The van der Waals surface area contributed by atoms with Gasteiger partial charge in [-0.3, -0.25) is 10.1 Å². The van der Waals surface area contributed by atoms with Crippen molar-refractivity contribution < 1.29 is 77.4 Å². The SMILES string of the molecule is O=[N+]([O-])c1ccc(C[S+]=S(=O)([O-])[O-])cc1.[Na+].[Na+]. The molecule has 0 atom stereocenters. The average Bonchev–Trinajstić information content (AvgIpc) is 2.14. The Kier molecular flexibility index (Phi) is 10.6. The minimum absolute atomic E-state index is 0. The number of benzene rings is 1. The van der Waals surface area contributed by atoms with Gasteiger partial charge in [0.1, 0.15) is 0 Å². The van der Waals surface area contributed by atoms with Crippen LogP contribution >= 0.6 is 0 Å². The Morgan fingerprint density at radius 2 is 1.65 bits per heavy atom. The summed E-state index contributed by atoms with van der Waals surface area (Å²) in [6.07, 6.45) is 0. The maximum atomic E-state index is 10.3. The van der Waals surface area contributed by atoms with Crippen molar-refractivity contribution in [3.63, 3.8) is 0 Å². The second-order valence-corrected chi connectivity index (χ2v) is 5.87. The van der Waals surface area contributed by atoms with Crippen LogP contribution in [0, 0.1) is 10.1 Å². The standard InChI is InChI=1S/C7H7NO5S2.2Na/c9-8(10)7-3-1-6(2-4-7)5-14-15(11,12)13;;/h1-4H,5H2,(H-,11,12,13);;/q;2*+1/p-1. The molecule has 0 bridgehead atoms. The normalized spacial score (nSPS) is 9.76. The number of nitro groups is 1. The van der Waals surface area contributed by atoms with Crippen LogP contribution < -0.4 is 59.1 Å². The van der Waals surface area contributed by atoms with Gasteiger partial charge in [0.05, 0.1) is 14.0 Å². The van der Waals surface area contributed by atoms with Gasteiger partial charge in [0, 0.05) is 17.7 Å². The summed E-state index contributed by atoms with van der Waals surface area (Å²) >= 11 is 0. The fourth-order valence-corrected chi connectivity index (χ4v) is 2.17. The van der Waals surface area contributed by atoms with E-state index >= 15 is 0 Å². The molecule has 0 spiro atoms. The van der Waals surface area contributed by atoms with Crippen LogP contribution in [0.4, 0.5) is 5.69 Å². The van der Waals surface area contributed by atoms with Gasteiger partial charge in [-0.2, -0.15) is 0 Å². The summed E-state index contributed by atoms with van der Waals surface area (Å²) < 4.78 is 30.8. The maximum Gasteiger partial charge on any atom is 1.00 e. The van der Waals surface area contributed by atoms with Gasteiger partial charge in [-0.1, -0.05) is 0 Å². The van der Waals surface area contributed by atoms with Gasteiger partial charge >= 0.3 is 59.1 Å². The summed E-state index contributed by atoms with van der Waals surface area (Å²) in [7, 11) is -4.07. The molecule has 6 nitrogen and oxygen atoms in total. The number of rotatable bonds is 3. The van der Waals surface area contributed by atoms with Crippen LogP contribution in [0.3, 0.4) is 0 Å². The summed E-state index contributed by atoms with van der Waals surface area (Å²) in [4.78, 5) is 9.73. The molecule has 0 aliphatic heterocycles. The van der Waals surface area contributed by atoms with E-state index in [1.54, 1.807) is 0 Å². The number of nitro benzene ring substituents is 1. The van der Waals surface area contributed by atoms with E-state index in [-0.39, 0.29) is 80.9 Å². The molecule has 1 rings (SSSR count). The zero-order valence-corrected chi connectivity index (χ0v) is 15.0. The topological polar surface area (TPSA) is 106 Å². The van der Waals surface area contributed by atoms with Crippen LogP contribution in [0.1, 0.15) is 5.56 Å². The summed E-state index contributed by atoms with van der Waals surface area (Å²) in [5.41, 5.74) is 0.471. The summed E-state index contributed by atoms with van der Waals surface area (Å²) in [6.45, 7) is 0. The van der Waals surface area contributed by atoms with Crippen LogP contribution in [0.25, 0.3) is 0 Å². The van der Waals surface area contributed by atoms with Crippen molar-refractivity contribution in [1.82, 2.24) is 0 Å². The van der Waals surface area contributed by atoms with E-state index in [1.807, 2.05) is 0 Å². The predicted molar refractivity (Wildman–Crippen MR) is 53.9 cm³/mol. The van der Waals surface area contributed by atoms with Gasteiger partial charge < -0.3 is 9.11 Å². The summed E-state index contributed by atoms with van der Waals surface area (Å²) in [5.74, 6) is -0.0101. The van der Waals surface area contributed by atoms with Crippen LogP contribution in [-0.4, -0.2) is 18.2 Å². The Hall–Kier alpha value is 0.910. The van der Waals surface area contributed by atoms with Gasteiger partial charge in [-0.05, 0) is 12.1 Å². The van der Waals surface area contributed by atoms with Crippen LogP contribution in [0.5, 0.6) is 0 Å². The molecule has 82 valence electrons. The number of hydrogen-bond donors (Lipinski definition) is 0. The summed E-state index contributed by atoms with van der Waals surface area (Å²) in [6, 6.07) is 5.34. The third-order valence-electron chi connectivity index (χ3n) is 1.52. The fraction of sp³-hybridized carbons (Fsp3) is 0.143. The van der Waals surface area contributed by atoms with Gasteiger partial charge in [0.25, 0.3) is 5.69 Å². The molecule has 0 saturated heterocycles. The predicted octanol–water partition coefficient (Wildman–Crippen LogP) is -5.35. The van der Waals surface area contributed by atoms with Crippen LogP contribution in [0.2, 0.25) is 0 Å². The fourth-order valence-electron chi connectivity index (χ4n) is 0.854. The molecular formula is C7H6NNa2O5S2+. The van der Waals surface area contributed by atoms with E-state index in [2.05, 4.69) is 0 Å². The first-order chi connectivity index (χ1) is 6.88. The van der Waals surface area contributed by atoms with Crippen molar-refractivity contribution in [3.8, 4) is 0 Å². The first-order valence-corrected chi connectivity index (χ1v) is 6.63. The number of hydrogen-bond acceptors (Lipinski definition) is 5. The van der Waals surface area contributed by atoms with Crippen LogP contribution in [0.15, 0.2) is 24.3 Å². The van der Waals surface area contributed by atoms with Crippen molar-refractivity contribution in [3.05, 3.63) is 39.9 Å². The first kappa shape index (κ1) is 20.2. The Morgan fingerprint density at radius 3 is 2.00 bits per heavy atom. The van der Waals surface area contributed by atoms with E-state index < -0.39 is 14.0 Å². The monoisotopic (exact) mass is 294 g/mol. The van der Waals surface area contributed by atoms with Crippen molar-refractivity contribution in [1.29, 1.82) is 0 Å². The van der Waals surface area contributed by atoms with Gasteiger partial charge in [-0.25, -0.2) is 4.21 Å². The number of non-ortho nitro benzene ring substituents is 1. The van der Waals surface area contributed by atoms with E-state index in [0.29, 0.717) is 5.56 Å². The average molecular weight is 294 g/mol. The minimum Gasteiger partial charge on any atom is -0.746 e. The van der Waals surface area contributed by atoms with E-state index in [9.17, 15) is 23.4 Å². The van der Waals surface area contributed by atoms with E-state index in [4.69, 9.17) is 0 Å². The Balaban J connectivity index is 0. The molecule has 0 aromatic heterocycles. The molecule has 0 aliphatic rings. The molecule has 10 heteroatoms. The van der Waals surface area contributed by atoms with Gasteiger partial charge in [-0.15, -0.1) is 0 Å². The molecule has 0 heterocycles. The molecule has 0 unspecified atom stereocenters. The summed E-state index contributed by atoms with van der Waals surface area (Å²) in [5, 5.41) is 10.3. The molecule has 0 radical (unpaired) electrons. The Labute approximate surface area is 146 Å². The molecule has 1 aromatic carbocycles.